The maximum Gasteiger partial charge on any atom is 0.261 e. The summed E-state index contributed by atoms with van der Waals surface area (Å²) in [6.45, 7) is -0.0243. The van der Waals surface area contributed by atoms with Crippen molar-refractivity contribution in [3.05, 3.63) is 78.6 Å². The first-order valence-corrected chi connectivity index (χ1v) is 8.55. The number of ether oxygens (including phenoxy) is 1. The molecule has 0 saturated heterocycles. The molecule has 28 heavy (non-hydrogen) atoms. The number of fused-ring (bicyclic) bond motifs is 1. The van der Waals surface area contributed by atoms with Gasteiger partial charge in [-0.3, -0.25) is 4.79 Å². The number of nitriles is 1. The number of amides is 1. The van der Waals surface area contributed by atoms with Crippen LogP contribution in [0.1, 0.15) is 10.4 Å². The highest BCUT2D eigenvalue weighted by atomic mass is 16.5. The molecule has 2 aromatic heterocycles. The van der Waals surface area contributed by atoms with Gasteiger partial charge >= 0.3 is 0 Å². The van der Waals surface area contributed by atoms with Crippen LogP contribution in [0.25, 0.3) is 16.9 Å². The first kappa shape index (κ1) is 17.2. The Hall–Kier alpha value is -4.18. The minimum atomic E-state index is -0.307. The summed E-state index contributed by atoms with van der Waals surface area (Å²) in [7, 11) is 0. The summed E-state index contributed by atoms with van der Waals surface area (Å²) >= 11 is 0. The van der Waals surface area contributed by atoms with Crippen molar-refractivity contribution in [3.8, 4) is 23.1 Å². The maximum absolute atomic E-state index is 12.7. The van der Waals surface area contributed by atoms with Gasteiger partial charge in [0.2, 0.25) is 0 Å². The monoisotopic (exact) mass is 369 g/mol. The van der Waals surface area contributed by atoms with E-state index in [-0.39, 0.29) is 12.5 Å². The normalized spacial score (nSPS) is 10.4. The van der Waals surface area contributed by atoms with Crippen LogP contribution in [0.2, 0.25) is 0 Å². The number of nitrogens with zero attached hydrogens (tertiary/aromatic N) is 4. The number of aromatic nitrogens is 3. The van der Waals surface area contributed by atoms with E-state index in [0.29, 0.717) is 22.6 Å². The van der Waals surface area contributed by atoms with Gasteiger partial charge in [0, 0.05) is 17.4 Å². The van der Waals surface area contributed by atoms with Crippen molar-refractivity contribution in [1.29, 1.82) is 5.26 Å². The predicted octanol–water partition coefficient (Wildman–Crippen LogP) is 3.55. The van der Waals surface area contributed by atoms with Crippen LogP contribution in [0.4, 0.5) is 5.69 Å². The van der Waals surface area contributed by atoms with Gasteiger partial charge in [-0.05, 0) is 30.3 Å². The smallest absolute Gasteiger partial charge is 0.261 e. The molecule has 136 valence electrons. The minimum Gasteiger partial charge on any atom is -0.479 e. The summed E-state index contributed by atoms with van der Waals surface area (Å²) in [5, 5.41) is 15.7. The number of anilines is 1. The number of benzene rings is 2. The van der Waals surface area contributed by atoms with E-state index in [9.17, 15) is 4.79 Å². The SMILES string of the molecule is N#CCOc1ccc(NC(=O)c2cnn3c(-c4ccccc4)ccnc23)cc1. The van der Waals surface area contributed by atoms with Gasteiger partial charge in [0.1, 0.15) is 17.4 Å². The van der Waals surface area contributed by atoms with Gasteiger partial charge in [-0.1, -0.05) is 30.3 Å². The lowest BCUT2D eigenvalue weighted by atomic mass is 10.1. The number of carbonyl (C=O) groups excluding carboxylic acids is 1. The molecule has 1 amide bonds. The molecule has 0 aliphatic rings. The molecule has 2 aromatic carbocycles. The van der Waals surface area contributed by atoms with Crippen molar-refractivity contribution in [2.45, 2.75) is 0 Å². The van der Waals surface area contributed by atoms with E-state index in [1.54, 1.807) is 35.0 Å². The molecule has 4 aromatic rings. The third kappa shape index (κ3) is 3.39. The summed E-state index contributed by atoms with van der Waals surface area (Å²) in [5.41, 5.74) is 3.30. The average molecular weight is 369 g/mol. The fourth-order valence-corrected chi connectivity index (χ4v) is 2.83. The maximum atomic E-state index is 12.7. The average Bonchev–Trinajstić information content (AvgIpc) is 3.18. The van der Waals surface area contributed by atoms with Crippen molar-refractivity contribution < 1.29 is 9.53 Å². The zero-order valence-electron chi connectivity index (χ0n) is 14.7. The molecule has 7 nitrogen and oxygen atoms in total. The molecule has 4 rings (SSSR count). The molecule has 0 radical (unpaired) electrons. The first-order valence-electron chi connectivity index (χ1n) is 8.55. The van der Waals surface area contributed by atoms with E-state index >= 15 is 0 Å². The third-order valence-corrected chi connectivity index (χ3v) is 4.13. The number of nitrogens with one attached hydrogen (secondary N) is 1. The molecule has 0 aliphatic heterocycles. The number of rotatable bonds is 5. The zero-order valence-corrected chi connectivity index (χ0v) is 14.7. The second-order valence-corrected chi connectivity index (χ2v) is 5.92. The van der Waals surface area contributed by atoms with Gasteiger partial charge in [0.05, 0.1) is 11.9 Å². The Morgan fingerprint density at radius 1 is 1.11 bits per heavy atom. The molecular weight excluding hydrogens is 354 g/mol. The Labute approximate surface area is 160 Å². The predicted molar refractivity (Wildman–Crippen MR) is 104 cm³/mol. The second-order valence-electron chi connectivity index (χ2n) is 5.92. The molecule has 0 atom stereocenters. The van der Waals surface area contributed by atoms with E-state index in [4.69, 9.17) is 10.00 Å². The van der Waals surface area contributed by atoms with E-state index < -0.39 is 0 Å². The molecular formula is C21H15N5O2. The molecule has 1 N–H and O–H groups in total. The summed E-state index contributed by atoms with van der Waals surface area (Å²) in [5.74, 6) is 0.253. The van der Waals surface area contributed by atoms with Crippen LogP contribution < -0.4 is 10.1 Å². The Morgan fingerprint density at radius 3 is 2.64 bits per heavy atom. The highest BCUT2D eigenvalue weighted by molar-refractivity contribution is 6.08. The Morgan fingerprint density at radius 2 is 1.89 bits per heavy atom. The number of hydrogen-bond acceptors (Lipinski definition) is 5. The van der Waals surface area contributed by atoms with Crippen molar-refractivity contribution in [3.63, 3.8) is 0 Å². The Balaban J connectivity index is 1.59. The van der Waals surface area contributed by atoms with Gasteiger partial charge in [0.15, 0.2) is 12.3 Å². The fraction of sp³-hybridized carbons (Fsp3) is 0.0476. The van der Waals surface area contributed by atoms with E-state index in [1.165, 1.54) is 6.20 Å². The van der Waals surface area contributed by atoms with Crippen LogP contribution in [-0.2, 0) is 0 Å². The van der Waals surface area contributed by atoms with Crippen molar-refractivity contribution in [1.82, 2.24) is 14.6 Å². The molecule has 7 heteroatoms. The van der Waals surface area contributed by atoms with Gasteiger partial charge in [-0.2, -0.15) is 10.4 Å². The van der Waals surface area contributed by atoms with Gasteiger partial charge in [-0.25, -0.2) is 9.50 Å². The molecule has 0 aliphatic carbocycles. The first-order chi connectivity index (χ1) is 13.8. The topological polar surface area (TPSA) is 92.3 Å². The highest BCUT2D eigenvalue weighted by Crippen LogP contribution is 2.22. The van der Waals surface area contributed by atoms with Crippen molar-refractivity contribution in [2.75, 3.05) is 11.9 Å². The lowest BCUT2D eigenvalue weighted by Crippen LogP contribution is -2.12. The summed E-state index contributed by atoms with van der Waals surface area (Å²) in [4.78, 5) is 17.0. The van der Waals surface area contributed by atoms with E-state index in [0.717, 1.165) is 11.3 Å². The fourth-order valence-electron chi connectivity index (χ4n) is 2.83. The largest absolute Gasteiger partial charge is 0.479 e. The lowest BCUT2D eigenvalue weighted by Gasteiger charge is -2.07. The van der Waals surface area contributed by atoms with Crippen LogP contribution in [0.3, 0.4) is 0 Å². The van der Waals surface area contributed by atoms with Crippen LogP contribution in [-0.4, -0.2) is 27.1 Å². The lowest BCUT2D eigenvalue weighted by molar-refractivity contribution is 0.102. The summed E-state index contributed by atoms with van der Waals surface area (Å²) < 4.78 is 6.86. The van der Waals surface area contributed by atoms with E-state index in [2.05, 4.69) is 15.4 Å². The van der Waals surface area contributed by atoms with Crippen LogP contribution in [0.15, 0.2) is 73.1 Å². The van der Waals surface area contributed by atoms with Crippen LogP contribution in [0, 0.1) is 11.3 Å². The van der Waals surface area contributed by atoms with Gasteiger partial charge < -0.3 is 10.1 Å². The number of carbonyl (C=O) groups is 1. The molecule has 0 unspecified atom stereocenters. The molecule has 0 fully saturated rings. The summed E-state index contributed by atoms with van der Waals surface area (Å²) in [6, 6.07) is 20.4. The Kier molecular flexibility index (Phi) is 4.68. The van der Waals surface area contributed by atoms with E-state index in [1.807, 2.05) is 42.5 Å². The van der Waals surface area contributed by atoms with Crippen molar-refractivity contribution >= 4 is 17.2 Å². The highest BCUT2D eigenvalue weighted by Gasteiger charge is 2.16. The minimum absolute atomic E-state index is 0.0243. The van der Waals surface area contributed by atoms with Crippen LogP contribution >= 0.6 is 0 Å². The molecule has 0 saturated carbocycles. The van der Waals surface area contributed by atoms with Gasteiger partial charge in [-0.15, -0.1) is 0 Å². The number of hydrogen-bond donors (Lipinski definition) is 1. The van der Waals surface area contributed by atoms with Gasteiger partial charge in [0.25, 0.3) is 5.91 Å². The Bertz CT molecular complexity index is 1160. The molecule has 0 spiro atoms. The van der Waals surface area contributed by atoms with Crippen molar-refractivity contribution in [2.24, 2.45) is 0 Å². The zero-order chi connectivity index (χ0) is 19.3. The van der Waals surface area contributed by atoms with Crippen LogP contribution in [0.5, 0.6) is 5.75 Å². The standard InChI is InChI=1S/C21H15N5O2/c22-11-13-28-17-8-6-16(7-9-17)25-21(27)18-14-24-26-19(10-12-23-20(18)26)15-4-2-1-3-5-15/h1-10,12,14H,13H2,(H,25,27). The third-order valence-electron chi connectivity index (χ3n) is 4.13. The molecule has 2 heterocycles. The quantitative estimate of drug-likeness (QED) is 0.581. The second kappa shape index (κ2) is 7.60. The summed E-state index contributed by atoms with van der Waals surface area (Å²) in [6.07, 6.45) is 3.17. The molecule has 0 bridgehead atoms.